The van der Waals surface area contributed by atoms with Gasteiger partial charge in [-0.25, -0.2) is 0 Å². The Labute approximate surface area is 115 Å². The molecule has 2 aromatic rings. The Bertz CT molecular complexity index is 595. The first-order valence-corrected chi connectivity index (χ1v) is 6.80. The molecule has 3 heteroatoms. The third-order valence-electron chi connectivity index (χ3n) is 3.15. The average Bonchev–Trinajstić information content (AvgIpc) is 2.38. The van der Waals surface area contributed by atoms with Crippen LogP contribution in [0.3, 0.4) is 0 Å². The van der Waals surface area contributed by atoms with Gasteiger partial charge in [0.1, 0.15) is 12.4 Å². The van der Waals surface area contributed by atoms with E-state index >= 15 is 0 Å². The molecule has 0 amide bonds. The minimum absolute atomic E-state index is 0.740. The summed E-state index contributed by atoms with van der Waals surface area (Å²) in [5.41, 5.74) is 4.83. The van der Waals surface area contributed by atoms with Crippen molar-refractivity contribution in [3.8, 4) is 16.9 Å². The minimum Gasteiger partial charge on any atom is -0.490 e. The highest BCUT2D eigenvalue weighted by Gasteiger charge is 2.11. The second-order valence-electron chi connectivity index (χ2n) is 4.45. The Morgan fingerprint density at radius 1 is 1.17 bits per heavy atom. The normalized spacial score (nSPS) is 13.4. The van der Waals surface area contributed by atoms with Crippen molar-refractivity contribution in [2.75, 3.05) is 18.5 Å². The number of hydrogen-bond acceptors (Lipinski definition) is 2. The molecule has 0 atom stereocenters. The topological polar surface area (TPSA) is 21.3 Å². The SMILES string of the molecule is Cc1cc(Br)ccc1-c1ccc2c(c1)NCCO2. The van der Waals surface area contributed by atoms with E-state index in [-0.39, 0.29) is 0 Å². The smallest absolute Gasteiger partial charge is 0.142 e. The van der Waals surface area contributed by atoms with E-state index in [9.17, 15) is 0 Å². The molecule has 1 heterocycles. The highest BCUT2D eigenvalue weighted by atomic mass is 79.9. The first-order chi connectivity index (χ1) is 8.74. The third kappa shape index (κ3) is 2.10. The second-order valence-corrected chi connectivity index (χ2v) is 5.36. The van der Waals surface area contributed by atoms with E-state index in [1.807, 2.05) is 6.07 Å². The number of halogens is 1. The maximum Gasteiger partial charge on any atom is 0.142 e. The fraction of sp³-hybridized carbons (Fsp3) is 0.200. The van der Waals surface area contributed by atoms with E-state index in [0.717, 1.165) is 29.1 Å². The molecule has 0 aliphatic carbocycles. The van der Waals surface area contributed by atoms with Crippen molar-refractivity contribution in [2.24, 2.45) is 0 Å². The van der Waals surface area contributed by atoms with E-state index in [1.165, 1.54) is 16.7 Å². The van der Waals surface area contributed by atoms with Gasteiger partial charge in [-0.1, -0.05) is 28.1 Å². The summed E-state index contributed by atoms with van der Waals surface area (Å²) in [6.45, 7) is 3.74. The molecule has 2 aromatic carbocycles. The van der Waals surface area contributed by atoms with Gasteiger partial charge >= 0.3 is 0 Å². The van der Waals surface area contributed by atoms with E-state index < -0.39 is 0 Å². The summed E-state index contributed by atoms with van der Waals surface area (Å²) in [7, 11) is 0. The molecule has 3 rings (SSSR count). The van der Waals surface area contributed by atoms with E-state index in [1.54, 1.807) is 0 Å². The van der Waals surface area contributed by atoms with Gasteiger partial charge < -0.3 is 10.1 Å². The summed E-state index contributed by atoms with van der Waals surface area (Å²) in [6, 6.07) is 12.7. The molecule has 0 fully saturated rings. The van der Waals surface area contributed by atoms with Crippen LogP contribution in [0.4, 0.5) is 5.69 Å². The minimum atomic E-state index is 0.740. The summed E-state index contributed by atoms with van der Waals surface area (Å²) in [4.78, 5) is 0. The van der Waals surface area contributed by atoms with Crippen molar-refractivity contribution >= 4 is 21.6 Å². The fourth-order valence-electron chi connectivity index (χ4n) is 2.26. The van der Waals surface area contributed by atoms with Crippen LogP contribution in [0.5, 0.6) is 5.75 Å². The number of aryl methyl sites for hydroxylation is 1. The lowest BCUT2D eigenvalue weighted by molar-refractivity contribution is 0.323. The lowest BCUT2D eigenvalue weighted by atomic mass is 10.00. The van der Waals surface area contributed by atoms with Crippen LogP contribution >= 0.6 is 15.9 Å². The Balaban J connectivity index is 2.06. The largest absolute Gasteiger partial charge is 0.490 e. The number of hydrogen-bond donors (Lipinski definition) is 1. The first kappa shape index (κ1) is 11.6. The van der Waals surface area contributed by atoms with Crippen LogP contribution in [0.25, 0.3) is 11.1 Å². The molecule has 0 spiro atoms. The standard InChI is InChI=1S/C15H14BrNO/c1-10-8-12(16)3-4-13(10)11-2-5-15-14(9-11)17-6-7-18-15/h2-5,8-9,17H,6-7H2,1H3. The first-order valence-electron chi connectivity index (χ1n) is 6.01. The quantitative estimate of drug-likeness (QED) is 0.851. The summed E-state index contributed by atoms with van der Waals surface area (Å²) in [5.74, 6) is 0.944. The molecule has 0 saturated carbocycles. The average molecular weight is 304 g/mol. The van der Waals surface area contributed by atoms with Crippen molar-refractivity contribution < 1.29 is 4.74 Å². The molecule has 0 unspecified atom stereocenters. The number of nitrogens with one attached hydrogen (secondary N) is 1. The molecule has 1 aliphatic heterocycles. The number of fused-ring (bicyclic) bond motifs is 1. The highest BCUT2D eigenvalue weighted by Crippen LogP contribution is 2.34. The molecule has 0 saturated heterocycles. The predicted molar refractivity (Wildman–Crippen MR) is 78.3 cm³/mol. The van der Waals surface area contributed by atoms with Crippen molar-refractivity contribution in [1.82, 2.24) is 0 Å². The van der Waals surface area contributed by atoms with Gasteiger partial charge in [0.25, 0.3) is 0 Å². The van der Waals surface area contributed by atoms with Crippen molar-refractivity contribution in [3.05, 3.63) is 46.4 Å². The van der Waals surface area contributed by atoms with Gasteiger partial charge in [0.15, 0.2) is 0 Å². The zero-order valence-electron chi connectivity index (χ0n) is 10.2. The van der Waals surface area contributed by atoms with E-state index in [0.29, 0.717) is 0 Å². The highest BCUT2D eigenvalue weighted by molar-refractivity contribution is 9.10. The van der Waals surface area contributed by atoms with E-state index in [4.69, 9.17) is 4.74 Å². The van der Waals surface area contributed by atoms with Crippen molar-refractivity contribution in [2.45, 2.75) is 6.92 Å². The van der Waals surface area contributed by atoms with Crippen LogP contribution in [0.15, 0.2) is 40.9 Å². The van der Waals surface area contributed by atoms with Crippen LogP contribution < -0.4 is 10.1 Å². The molecular formula is C15H14BrNO. The van der Waals surface area contributed by atoms with Gasteiger partial charge in [0.05, 0.1) is 5.69 Å². The van der Waals surface area contributed by atoms with Gasteiger partial charge in [0, 0.05) is 11.0 Å². The Hall–Kier alpha value is -1.48. The number of ether oxygens (including phenoxy) is 1. The maximum atomic E-state index is 5.59. The molecular weight excluding hydrogens is 290 g/mol. The van der Waals surface area contributed by atoms with Crippen molar-refractivity contribution in [3.63, 3.8) is 0 Å². The Kier molecular flexibility index (Phi) is 3.00. The monoisotopic (exact) mass is 303 g/mol. The summed E-state index contributed by atoms with van der Waals surface area (Å²) < 4.78 is 6.71. The second kappa shape index (κ2) is 4.65. The molecule has 0 aromatic heterocycles. The maximum absolute atomic E-state index is 5.59. The van der Waals surface area contributed by atoms with Gasteiger partial charge in [-0.05, 0) is 47.9 Å². The lowest BCUT2D eigenvalue weighted by Crippen LogP contribution is -2.17. The summed E-state index contributed by atoms with van der Waals surface area (Å²) in [5, 5.41) is 3.37. The van der Waals surface area contributed by atoms with Crippen LogP contribution in [0.1, 0.15) is 5.56 Å². The van der Waals surface area contributed by atoms with Crippen LogP contribution in [0.2, 0.25) is 0 Å². The predicted octanol–water partition coefficient (Wildman–Crippen LogP) is 4.23. The van der Waals surface area contributed by atoms with Gasteiger partial charge in [-0.15, -0.1) is 0 Å². The Morgan fingerprint density at radius 2 is 2.06 bits per heavy atom. The fourth-order valence-corrected chi connectivity index (χ4v) is 2.73. The lowest BCUT2D eigenvalue weighted by Gasteiger charge is -2.20. The number of benzene rings is 2. The number of anilines is 1. The molecule has 0 bridgehead atoms. The third-order valence-corrected chi connectivity index (χ3v) is 3.65. The number of rotatable bonds is 1. The van der Waals surface area contributed by atoms with Gasteiger partial charge in [0.2, 0.25) is 0 Å². The molecule has 18 heavy (non-hydrogen) atoms. The van der Waals surface area contributed by atoms with Gasteiger partial charge in [-0.3, -0.25) is 0 Å². The Morgan fingerprint density at radius 3 is 2.89 bits per heavy atom. The van der Waals surface area contributed by atoms with Crippen molar-refractivity contribution in [1.29, 1.82) is 0 Å². The zero-order valence-corrected chi connectivity index (χ0v) is 11.8. The van der Waals surface area contributed by atoms with Crippen LogP contribution in [-0.4, -0.2) is 13.2 Å². The molecule has 0 radical (unpaired) electrons. The van der Waals surface area contributed by atoms with E-state index in [2.05, 4.69) is 58.5 Å². The molecule has 2 nitrogen and oxygen atoms in total. The molecule has 1 aliphatic rings. The van der Waals surface area contributed by atoms with Crippen LogP contribution in [-0.2, 0) is 0 Å². The summed E-state index contributed by atoms with van der Waals surface area (Å²) in [6.07, 6.45) is 0. The summed E-state index contributed by atoms with van der Waals surface area (Å²) >= 11 is 3.50. The van der Waals surface area contributed by atoms with Crippen LogP contribution in [0, 0.1) is 6.92 Å². The van der Waals surface area contributed by atoms with Gasteiger partial charge in [-0.2, -0.15) is 0 Å². The molecule has 1 N–H and O–H groups in total. The molecule has 92 valence electrons. The zero-order chi connectivity index (χ0) is 12.5.